The molecule has 1 unspecified atom stereocenters. The predicted molar refractivity (Wildman–Crippen MR) is 122 cm³/mol. The maximum atomic E-state index is 13.3. The van der Waals surface area contributed by atoms with Gasteiger partial charge >= 0.3 is 0 Å². The molecule has 0 bridgehead atoms. The molecule has 0 radical (unpaired) electrons. The van der Waals surface area contributed by atoms with Gasteiger partial charge in [0.05, 0.1) is 18.0 Å². The van der Waals surface area contributed by atoms with Gasteiger partial charge in [-0.05, 0) is 53.6 Å². The molecular weight excluding hydrogens is 410 g/mol. The quantitative estimate of drug-likeness (QED) is 0.452. The molecule has 4 aromatic carbocycles. The molecule has 6 heteroatoms. The fourth-order valence-corrected chi connectivity index (χ4v) is 4.81. The number of fused-ring (bicyclic) bond motifs is 1. The molecule has 0 spiro atoms. The summed E-state index contributed by atoms with van der Waals surface area (Å²) < 4.78 is 34.6. The summed E-state index contributed by atoms with van der Waals surface area (Å²) >= 11 is 0. The Morgan fingerprint density at radius 2 is 1.55 bits per heavy atom. The summed E-state index contributed by atoms with van der Waals surface area (Å²) in [6.07, 6.45) is 0. The molecule has 2 N–H and O–H groups in total. The topological polar surface area (TPSA) is 75.6 Å². The van der Waals surface area contributed by atoms with Crippen LogP contribution in [0.4, 0.5) is 0 Å². The Morgan fingerprint density at radius 3 is 2.23 bits per heavy atom. The van der Waals surface area contributed by atoms with E-state index in [-0.39, 0.29) is 10.6 Å². The molecule has 31 heavy (non-hydrogen) atoms. The molecule has 0 aliphatic rings. The zero-order valence-corrected chi connectivity index (χ0v) is 18.1. The summed E-state index contributed by atoms with van der Waals surface area (Å²) in [6, 6.07) is 24.0. The van der Waals surface area contributed by atoms with Gasteiger partial charge in [-0.15, -0.1) is 0 Å². The van der Waals surface area contributed by atoms with E-state index in [1.54, 1.807) is 61.7 Å². The van der Waals surface area contributed by atoms with E-state index in [1.165, 1.54) is 0 Å². The third kappa shape index (κ3) is 4.26. The summed E-state index contributed by atoms with van der Waals surface area (Å²) in [5.74, 6) is 0.678. The van der Waals surface area contributed by atoms with Crippen molar-refractivity contribution in [1.82, 2.24) is 4.72 Å². The van der Waals surface area contributed by atoms with E-state index in [4.69, 9.17) is 4.74 Å². The number of benzene rings is 4. The zero-order chi connectivity index (χ0) is 22.0. The van der Waals surface area contributed by atoms with Crippen LogP contribution in [-0.4, -0.2) is 20.6 Å². The van der Waals surface area contributed by atoms with Crippen LogP contribution >= 0.6 is 0 Å². The molecule has 0 heterocycles. The Kier molecular flexibility index (Phi) is 5.67. The highest BCUT2D eigenvalue weighted by molar-refractivity contribution is 7.89. The number of nitrogens with one attached hydrogen (secondary N) is 1. The predicted octanol–water partition coefficient (Wildman–Crippen LogP) is 4.93. The Hall–Kier alpha value is -3.35. The van der Waals surface area contributed by atoms with Crippen molar-refractivity contribution in [2.75, 3.05) is 7.11 Å². The zero-order valence-electron chi connectivity index (χ0n) is 17.2. The Morgan fingerprint density at radius 1 is 0.871 bits per heavy atom. The van der Waals surface area contributed by atoms with Crippen LogP contribution in [0.3, 0.4) is 0 Å². The van der Waals surface area contributed by atoms with Crippen LogP contribution in [0.15, 0.2) is 89.8 Å². The normalized spacial score (nSPS) is 12.6. The summed E-state index contributed by atoms with van der Waals surface area (Å²) in [5, 5.41) is 12.5. The van der Waals surface area contributed by atoms with Crippen molar-refractivity contribution < 1.29 is 18.3 Å². The van der Waals surface area contributed by atoms with Gasteiger partial charge in [0.25, 0.3) is 0 Å². The number of aromatic hydroxyl groups is 1. The Bertz CT molecular complexity index is 1310. The van der Waals surface area contributed by atoms with E-state index < -0.39 is 16.1 Å². The number of ether oxygens (including phenoxy) is 1. The highest BCUT2D eigenvalue weighted by Gasteiger charge is 2.26. The van der Waals surface area contributed by atoms with Gasteiger partial charge in [-0.25, -0.2) is 8.42 Å². The maximum absolute atomic E-state index is 13.3. The first-order valence-electron chi connectivity index (χ1n) is 9.82. The van der Waals surface area contributed by atoms with Gasteiger partial charge < -0.3 is 9.84 Å². The molecule has 4 aromatic rings. The smallest absolute Gasteiger partial charge is 0.241 e. The maximum Gasteiger partial charge on any atom is 0.241 e. The van der Waals surface area contributed by atoms with E-state index in [1.807, 2.05) is 37.3 Å². The lowest BCUT2D eigenvalue weighted by molar-refractivity contribution is 0.414. The third-order valence-electron chi connectivity index (χ3n) is 5.29. The van der Waals surface area contributed by atoms with Crippen molar-refractivity contribution in [3.05, 3.63) is 102 Å². The van der Waals surface area contributed by atoms with Crippen molar-refractivity contribution >= 4 is 20.8 Å². The SMILES string of the molecule is COc1ccc(C(NS(=O)(=O)c2ccc(C)cc2)c2c(O)ccc3ccccc23)cc1. The summed E-state index contributed by atoms with van der Waals surface area (Å²) in [7, 11) is -2.29. The van der Waals surface area contributed by atoms with Crippen molar-refractivity contribution in [1.29, 1.82) is 0 Å². The number of hydrogen-bond donors (Lipinski definition) is 2. The van der Waals surface area contributed by atoms with Crippen LogP contribution in [-0.2, 0) is 10.0 Å². The van der Waals surface area contributed by atoms with Crippen LogP contribution < -0.4 is 9.46 Å². The van der Waals surface area contributed by atoms with Gasteiger partial charge in [-0.3, -0.25) is 0 Å². The lowest BCUT2D eigenvalue weighted by atomic mass is 9.93. The number of phenolic OH excluding ortho intramolecular Hbond substituents is 1. The van der Waals surface area contributed by atoms with E-state index in [0.717, 1.165) is 16.3 Å². The fourth-order valence-electron chi connectivity index (χ4n) is 3.62. The van der Waals surface area contributed by atoms with Crippen molar-refractivity contribution in [2.45, 2.75) is 17.9 Å². The molecule has 0 saturated heterocycles. The van der Waals surface area contributed by atoms with Gasteiger partial charge in [0.2, 0.25) is 10.0 Å². The number of aryl methyl sites for hydroxylation is 1. The lowest BCUT2D eigenvalue weighted by Crippen LogP contribution is -2.29. The molecule has 0 saturated carbocycles. The molecule has 0 aliphatic heterocycles. The first kappa shape index (κ1) is 20.9. The van der Waals surface area contributed by atoms with Crippen LogP contribution in [0.2, 0.25) is 0 Å². The van der Waals surface area contributed by atoms with Crippen LogP contribution in [0.5, 0.6) is 11.5 Å². The minimum absolute atomic E-state index is 0.0196. The van der Waals surface area contributed by atoms with Crippen molar-refractivity contribution in [3.8, 4) is 11.5 Å². The van der Waals surface area contributed by atoms with Gasteiger partial charge in [0.1, 0.15) is 11.5 Å². The largest absolute Gasteiger partial charge is 0.508 e. The number of rotatable bonds is 6. The van der Waals surface area contributed by atoms with Crippen molar-refractivity contribution in [2.24, 2.45) is 0 Å². The summed E-state index contributed by atoms with van der Waals surface area (Å²) in [6.45, 7) is 1.90. The Balaban J connectivity index is 1.88. The van der Waals surface area contributed by atoms with Gasteiger partial charge in [-0.2, -0.15) is 4.72 Å². The average molecular weight is 434 g/mol. The molecule has 0 fully saturated rings. The lowest BCUT2D eigenvalue weighted by Gasteiger charge is -2.23. The van der Waals surface area contributed by atoms with E-state index >= 15 is 0 Å². The van der Waals surface area contributed by atoms with Crippen LogP contribution in [0, 0.1) is 6.92 Å². The molecule has 158 valence electrons. The number of phenols is 1. The van der Waals surface area contributed by atoms with Crippen LogP contribution in [0.25, 0.3) is 10.8 Å². The molecule has 1 atom stereocenters. The van der Waals surface area contributed by atoms with Gasteiger partial charge in [0.15, 0.2) is 0 Å². The Labute approximate surface area is 182 Å². The highest BCUT2D eigenvalue weighted by Crippen LogP contribution is 2.37. The summed E-state index contributed by atoms with van der Waals surface area (Å²) in [4.78, 5) is 0.163. The van der Waals surface area contributed by atoms with Gasteiger partial charge in [0, 0.05) is 5.56 Å². The second-order valence-corrected chi connectivity index (χ2v) is 9.07. The molecule has 4 rings (SSSR count). The fraction of sp³-hybridized carbons (Fsp3) is 0.120. The average Bonchev–Trinajstić information content (AvgIpc) is 2.78. The third-order valence-corrected chi connectivity index (χ3v) is 6.73. The monoisotopic (exact) mass is 433 g/mol. The summed E-state index contributed by atoms with van der Waals surface area (Å²) in [5.41, 5.74) is 2.15. The molecule has 5 nitrogen and oxygen atoms in total. The minimum atomic E-state index is -3.87. The van der Waals surface area contributed by atoms with E-state index in [0.29, 0.717) is 16.9 Å². The number of methoxy groups -OCH3 is 1. The molecular formula is C25H23NO4S. The van der Waals surface area contributed by atoms with Gasteiger partial charge in [-0.1, -0.05) is 60.2 Å². The van der Waals surface area contributed by atoms with E-state index in [2.05, 4.69) is 4.72 Å². The second-order valence-electron chi connectivity index (χ2n) is 7.36. The van der Waals surface area contributed by atoms with E-state index in [9.17, 15) is 13.5 Å². The number of hydrogen-bond acceptors (Lipinski definition) is 4. The van der Waals surface area contributed by atoms with Crippen LogP contribution in [0.1, 0.15) is 22.7 Å². The first-order valence-corrected chi connectivity index (χ1v) is 11.3. The molecule has 0 amide bonds. The first-order chi connectivity index (χ1) is 14.9. The standard InChI is InChI=1S/C25H23NO4S/c1-17-7-14-21(15-8-17)31(28,29)26-25(19-9-12-20(30-2)13-10-19)24-22-6-4-3-5-18(22)11-16-23(24)27/h3-16,25-27H,1-2H3. The minimum Gasteiger partial charge on any atom is -0.508 e. The molecule has 0 aromatic heterocycles. The second kappa shape index (κ2) is 8.41. The highest BCUT2D eigenvalue weighted by atomic mass is 32.2. The van der Waals surface area contributed by atoms with Crippen molar-refractivity contribution in [3.63, 3.8) is 0 Å². The number of sulfonamides is 1. The molecule has 0 aliphatic carbocycles.